The molecular weight excluding hydrogens is 480 g/mol. The molecule has 0 bridgehead atoms. The normalized spacial score (nSPS) is 10.8. The Bertz CT molecular complexity index is 1320. The topological polar surface area (TPSA) is 68.3 Å². The number of benzene rings is 3. The number of rotatable bonds is 6. The summed E-state index contributed by atoms with van der Waals surface area (Å²) in [5.41, 5.74) is 4.97. The molecule has 33 heavy (non-hydrogen) atoms. The van der Waals surface area contributed by atoms with Gasteiger partial charge >= 0.3 is 5.97 Å². The highest BCUT2D eigenvalue weighted by atomic mass is 79.9. The average molecular weight is 503 g/mol. The SMILES string of the molecule is CCCOC(=O)c1ccc(NC(=O)c2cc(-c3ccccc3)nc3c(C)cc(Br)cc23)cc1. The molecule has 0 aliphatic rings. The molecule has 0 saturated heterocycles. The molecule has 4 aromatic rings. The van der Waals surface area contributed by atoms with E-state index in [-0.39, 0.29) is 11.9 Å². The molecule has 0 unspecified atom stereocenters. The van der Waals surface area contributed by atoms with Gasteiger partial charge in [0, 0.05) is 21.1 Å². The summed E-state index contributed by atoms with van der Waals surface area (Å²) in [5.74, 6) is -0.624. The van der Waals surface area contributed by atoms with E-state index < -0.39 is 0 Å². The smallest absolute Gasteiger partial charge is 0.338 e. The number of amides is 1. The molecule has 1 amide bonds. The Hall–Kier alpha value is -3.51. The number of hydrogen-bond donors (Lipinski definition) is 1. The van der Waals surface area contributed by atoms with Crippen molar-refractivity contribution in [3.63, 3.8) is 0 Å². The number of halogens is 1. The summed E-state index contributed by atoms with van der Waals surface area (Å²) in [7, 11) is 0. The van der Waals surface area contributed by atoms with Crippen LogP contribution in [-0.4, -0.2) is 23.5 Å². The number of fused-ring (bicyclic) bond motifs is 1. The Balaban J connectivity index is 1.69. The lowest BCUT2D eigenvalue weighted by Gasteiger charge is -2.13. The average Bonchev–Trinajstić information content (AvgIpc) is 2.83. The Morgan fingerprint density at radius 3 is 2.42 bits per heavy atom. The molecule has 0 saturated carbocycles. The molecule has 166 valence electrons. The first kappa shape index (κ1) is 22.7. The predicted octanol–water partition coefficient (Wildman–Crippen LogP) is 6.79. The quantitative estimate of drug-likeness (QED) is 0.294. The van der Waals surface area contributed by atoms with Crippen molar-refractivity contribution in [2.75, 3.05) is 11.9 Å². The van der Waals surface area contributed by atoms with Gasteiger partial charge in [-0.2, -0.15) is 0 Å². The minimum absolute atomic E-state index is 0.251. The van der Waals surface area contributed by atoms with E-state index in [4.69, 9.17) is 9.72 Å². The molecule has 1 N–H and O–H groups in total. The summed E-state index contributed by atoms with van der Waals surface area (Å²) in [6.45, 7) is 4.30. The van der Waals surface area contributed by atoms with Gasteiger partial charge in [-0.3, -0.25) is 4.79 Å². The van der Waals surface area contributed by atoms with Crippen molar-refractivity contribution in [2.24, 2.45) is 0 Å². The molecule has 0 aliphatic carbocycles. The van der Waals surface area contributed by atoms with Crippen molar-refractivity contribution in [1.82, 2.24) is 4.98 Å². The highest BCUT2D eigenvalue weighted by Crippen LogP contribution is 2.30. The Labute approximate surface area is 200 Å². The number of carbonyl (C=O) groups excluding carboxylic acids is 2. The highest BCUT2D eigenvalue weighted by molar-refractivity contribution is 9.10. The third-order valence-corrected chi connectivity index (χ3v) is 5.66. The van der Waals surface area contributed by atoms with Crippen molar-refractivity contribution in [3.8, 4) is 11.3 Å². The fourth-order valence-corrected chi connectivity index (χ4v) is 4.14. The van der Waals surface area contributed by atoms with Crippen molar-refractivity contribution in [1.29, 1.82) is 0 Å². The van der Waals surface area contributed by atoms with E-state index in [0.717, 1.165) is 38.6 Å². The lowest BCUT2D eigenvalue weighted by molar-refractivity contribution is 0.0505. The van der Waals surface area contributed by atoms with Crippen LogP contribution >= 0.6 is 15.9 Å². The fourth-order valence-electron chi connectivity index (χ4n) is 3.57. The first-order valence-corrected chi connectivity index (χ1v) is 11.5. The van der Waals surface area contributed by atoms with Crippen LogP contribution in [0.4, 0.5) is 5.69 Å². The van der Waals surface area contributed by atoms with E-state index in [0.29, 0.717) is 23.4 Å². The van der Waals surface area contributed by atoms with E-state index in [1.54, 1.807) is 24.3 Å². The monoisotopic (exact) mass is 502 g/mol. The number of aryl methyl sites for hydroxylation is 1. The maximum absolute atomic E-state index is 13.3. The standard InChI is InChI=1S/C27H23BrN2O3/c1-3-13-33-27(32)19-9-11-21(12-10-19)29-26(31)23-16-24(18-7-5-4-6-8-18)30-25-17(2)14-20(28)15-22(23)25/h4-12,14-16H,3,13H2,1-2H3,(H,29,31). The lowest BCUT2D eigenvalue weighted by Crippen LogP contribution is -2.14. The molecule has 1 heterocycles. The number of aromatic nitrogens is 1. The first-order chi connectivity index (χ1) is 16.0. The zero-order valence-corrected chi connectivity index (χ0v) is 20.0. The molecule has 0 radical (unpaired) electrons. The Kier molecular flexibility index (Phi) is 6.84. The van der Waals surface area contributed by atoms with Gasteiger partial charge in [0.15, 0.2) is 0 Å². The Morgan fingerprint density at radius 2 is 1.73 bits per heavy atom. The van der Waals surface area contributed by atoms with Crippen LogP contribution in [0.5, 0.6) is 0 Å². The van der Waals surface area contributed by atoms with Crippen molar-refractivity contribution in [3.05, 3.63) is 94.0 Å². The molecular formula is C27H23BrN2O3. The summed E-state index contributed by atoms with van der Waals surface area (Å²) in [4.78, 5) is 30.2. The fraction of sp³-hybridized carbons (Fsp3) is 0.148. The van der Waals surface area contributed by atoms with Crippen molar-refractivity contribution >= 4 is 44.4 Å². The van der Waals surface area contributed by atoms with Gasteiger partial charge in [-0.25, -0.2) is 9.78 Å². The van der Waals surface area contributed by atoms with Crippen LogP contribution < -0.4 is 5.32 Å². The number of esters is 1. The van der Waals surface area contributed by atoms with Crippen LogP contribution in [0, 0.1) is 6.92 Å². The number of hydrogen-bond acceptors (Lipinski definition) is 4. The summed E-state index contributed by atoms with van der Waals surface area (Å²) < 4.78 is 6.04. The number of nitrogens with one attached hydrogen (secondary N) is 1. The van der Waals surface area contributed by atoms with Gasteiger partial charge in [-0.05, 0) is 61.4 Å². The predicted molar refractivity (Wildman–Crippen MR) is 135 cm³/mol. The van der Waals surface area contributed by atoms with Crippen LogP contribution in [0.25, 0.3) is 22.2 Å². The molecule has 0 spiro atoms. The van der Waals surface area contributed by atoms with Crippen molar-refractivity contribution < 1.29 is 14.3 Å². The number of anilines is 1. The van der Waals surface area contributed by atoms with E-state index in [1.165, 1.54) is 0 Å². The second kappa shape index (κ2) is 9.96. The first-order valence-electron chi connectivity index (χ1n) is 10.7. The van der Waals surface area contributed by atoms with E-state index >= 15 is 0 Å². The molecule has 3 aromatic carbocycles. The molecule has 5 nitrogen and oxygen atoms in total. The van der Waals surface area contributed by atoms with E-state index in [1.807, 2.05) is 62.4 Å². The lowest BCUT2D eigenvalue weighted by atomic mass is 10.0. The number of ether oxygens (including phenoxy) is 1. The molecule has 4 rings (SSSR count). The summed E-state index contributed by atoms with van der Waals surface area (Å²) >= 11 is 3.53. The molecule has 0 fully saturated rings. The second-order valence-electron chi connectivity index (χ2n) is 7.71. The summed E-state index contributed by atoms with van der Waals surface area (Å²) in [6, 6.07) is 22.2. The maximum atomic E-state index is 13.3. The van der Waals surface area contributed by atoms with Crippen LogP contribution in [0.3, 0.4) is 0 Å². The van der Waals surface area contributed by atoms with Crippen LogP contribution in [0.15, 0.2) is 77.3 Å². The van der Waals surface area contributed by atoms with Crippen molar-refractivity contribution in [2.45, 2.75) is 20.3 Å². The van der Waals surface area contributed by atoms with Gasteiger partial charge in [0.05, 0.1) is 28.9 Å². The van der Waals surface area contributed by atoms with Gasteiger partial charge in [0.1, 0.15) is 0 Å². The van der Waals surface area contributed by atoms with Crippen LogP contribution in [0.2, 0.25) is 0 Å². The minimum Gasteiger partial charge on any atom is -0.462 e. The largest absolute Gasteiger partial charge is 0.462 e. The molecule has 0 aliphatic heterocycles. The zero-order valence-electron chi connectivity index (χ0n) is 18.4. The highest BCUT2D eigenvalue weighted by Gasteiger charge is 2.17. The summed E-state index contributed by atoms with van der Waals surface area (Å²) in [6.07, 6.45) is 0.764. The van der Waals surface area contributed by atoms with Gasteiger partial charge in [0.2, 0.25) is 0 Å². The molecule has 1 aromatic heterocycles. The van der Waals surface area contributed by atoms with Gasteiger partial charge < -0.3 is 10.1 Å². The van der Waals surface area contributed by atoms with Crippen LogP contribution in [0.1, 0.15) is 39.6 Å². The number of carbonyl (C=O) groups is 2. The summed E-state index contributed by atoms with van der Waals surface area (Å²) in [5, 5.41) is 3.71. The van der Waals surface area contributed by atoms with Gasteiger partial charge in [-0.1, -0.05) is 53.2 Å². The third-order valence-electron chi connectivity index (χ3n) is 5.20. The molecule has 0 atom stereocenters. The number of nitrogens with zero attached hydrogens (tertiary/aromatic N) is 1. The Morgan fingerprint density at radius 1 is 1.00 bits per heavy atom. The second-order valence-corrected chi connectivity index (χ2v) is 8.62. The zero-order chi connectivity index (χ0) is 23.4. The van der Waals surface area contributed by atoms with Gasteiger partial charge in [-0.15, -0.1) is 0 Å². The third kappa shape index (κ3) is 5.12. The minimum atomic E-state index is -0.373. The van der Waals surface area contributed by atoms with E-state index in [9.17, 15) is 9.59 Å². The van der Waals surface area contributed by atoms with E-state index in [2.05, 4.69) is 21.2 Å². The maximum Gasteiger partial charge on any atom is 0.338 e. The number of pyridine rings is 1. The molecule has 6 heteroatoms. The van der Waals surface area contributed by atoms with Gasteiger partial charge in [0.25, 0.3) is 5.91 Å². The van der Waals surface area contributed by atoms with Crippen LogP contribution in [-0.2, 0) is 4.74 Å².